The Morgan fingerprint density at radius 3 is 2.82 bits per heavy atom. The maximum atomic E-state index is 11.9. The highest BCUT2D eigenvalue weighted by Gasteiger charge is 2.37. The molecule has 17 heavy (non-hydrogen) atoms. The highest BCUT2D eigenvalue weighted by molar-refractivity contribution is 7.80. The van der Waals surface area contributed by atoms with Gasteiger partial charge in [0.2, 0.25) is 5.91 Å². The summed E-state index contributed by atoms with van der Waals surface area (Å²) in [4.78, 5) is 24.8. The summed E-state index contributed by atoms with van der Waals surface area (Å²) in [5.74, 6) is 0.275. The lowest BCUT2D eigenvalue weighted by atomic mass is 9.85. The Labute approximate surface area is 107 Å². The van der Waals surface area contributed by atoms with Crippen LogP contribution in [0.4, 0.5) is 0 Å². The van der Waals surface area contributed by atoms with E-state index in [1.54, 1.807) is 0 Å². The largest absolute Gasteiger partial charge is 0.481 e. The standard InChI is InChI=1S/C12H19NO3S/c14-11-4-8(7-17)6-13(11)10-3-1-2-9(5-10)12(15)16/h8-10,17H,1-7H2,(H,15,16). The SMILES string of the molecule is O=C(O)C1CCCC(N2CC(CS)CC2=O)C1. The van der Waals surface area contributed by atoms with Gasteiger partial charge >= 0.3 is 5.97 Å². The third kappa shape index (κ3) is 2.76. The first-order chi connectivity index (χ1) is 8.11. The van der Waals surface area contributed by atoms with Gasteiger partial charge < -0.3 is 10.0 Å². The molecule has 3 atom stereocenters. The van der Waals surface area contributed by atoms with E-state index in [-0.39, 0.29) is 17.9 Å². The molecule has 96 valence electrons. The van der Waals surface area contributed by atoms with E-state index < -0.39 is 5.97 Å². The summed E-state index contributed by atoms with van der Waals surface area (Å²) >= 11 is 4.24. The summed E-state index contributed by atoms with van der Waals surface area (Å²) in [6.45, 7) is 0.763. The van der Waals surface area contributed by atoms with Crippen molar-refractivity contribution >= 4 is 24.5 Å². The van der Waals surface area contributed by atoms with Gasteiger partial charge in [-0.3, -0.25) is 9.59 Å². The first kappa shape index (κ1) is 12.7. The number of carbonyl (C=O) groups is 2. The fraction of sp³-hybridized carbons (Fsp3) is 0.833. The molecule has 0 spiro atoms. The lowest BCUT2D eigenvalue weighted by Crippen LogP contribution is -2.41. The van der Waals surface area contributed by atoms with Crippen molar-refractivity contribution in [1.29, 1.82) is 0 Å². The predicted octanol–water partition coefficient (Wildman–Crippen LogP) is 1.41. The van der Waals surface area contributed by atoms with Gasteiger partial charge in [0, 0.05) is 19.0 Å². The molecule has 2 rings (SSSR count). The molecule has 1 amide bonds. The van der Waals surface area contributed by atoms with Crippen molar-refractivity contribution in [3.8, 4) is 0 Å². The number of aliphatic carboxylic acids is 1. The van der Waals surface area contributed by atoms with Crippen molar-refractivity contribution in [2.75, 3.05) is 12.3 Å². The lowest BCUT2D eigenvalue weighted by Gasteiger charge is -2.34. The molecule has 3 unspecified atom stereocenters. The van der Waals surface area contributed by atoms with E-state index in [9.17, 15) is 9.59 Å². The molecule has 1 N–H and O–H groups in total. The molecule has 0 bridgehead atoms. The van der Waals surface area contributed by atoms with E-state index in [1.807, 2.05) is 4.90 Å². The minimum atomic E-state index is -0.716. The van der Waals surface area contributed by atoms with Crippen LogP contribution in [0.15, 0.2) is 0 Å². The molecule has 1 saturated carbocycles. The third-order valence-electron chi connectivity index (χ3n) is 3.93. The number of thiol groups is 1. The minimum absolute atomic E-state index is 0.141. The molecule has 1 aliphatic heterocycles. The van der Waals surface area contributed by atoms with E-state index >= 15 is 0 Å². The number of nitrogens with zero attached hydrogens (tertiary/aromatic N) is 1. The van der Waals surface area contributed by atoms with Crippen LogP contribution in [0, 0.1) is 11.8 Å². The summed E-state index contributed by atoms with van der Waals surface area (Å²) in [5, 5.41) is 9.05. The van der Waals surface area contributed by atoms with Gasteiger partial charge in [-0.15, -0.1) is 0 Å². The van der Waals surface area contributed by atoms with Crippen LogP contribution < -0.4 is 0 Å². The average Bonchev–Trinajstić information content (AvgIpc) is 2.71. The van der Waals surface area contributed by atoms with Gasteiger partial charge in [0.05, 0.1) is 5.92 Å². The van der Waals surface area contributed by atoms with Gasteiger partial charge in [-0.25, -0.2) is 0 Å². The second-order valence-corrected chi connectivity index (χ2v) is 5.52. The Balaban J connectivity index is 1.98. The second-order valence-electron chi connectivity index (χ2n) is 5.15. The number of carboxylic acids is 1. The predicted molar refractivity (Wildman–Crippen MR) is 67.1 cm³/mol. The molecule has 2 fully saturated rings. The molecule has 1 saturated heterocycles. The summed E-state index contributed by atoms with van der Waals surface area (Å²) in [7, 11) is 0. The molecular formula is C12H19NO3S. The highest BCUT2D eigenvalue weighted by Crippen LogP contribution is 2.32. The summed E-state index contributed by atoms with van der Waals surface area (Å²) in [6.07, 6.45) is 3.83. The highest BCUT2D eigenvalue weighted by atomic mass is 32.1. The summed E-state index contributed by atoms with van der Waals surface area (Å²) in [6, 6.07) is 0.141. The monoisotopic (exact) mass is 257 g/mol. The Kier molecular flexibility index (Phi) is 3.97. The van der Waals surface area contributed by atoms with Gasteiger partial charge in [-0.05, 0) is 30.9 Å². The van der Waals surface area contributed by atoms with Crippen LogP contribution in [-0.2, 0) is 9.59 Å². The third-order valence-corrected chi connectivity index (χ3v) is 4.45. The van der Waals surface area contributed by atoms with Crippen LogP contribution >= 0.6 is 12.6 Å². The van der Waals surface area contributed by atoms with E-state index in [4.69, 9.17) is 5.11 Å². The van der Waals surface area contributed by atoms with Gasteiger partial charge in [0.15, 0.2) is 0 Å². The van der Waals surface area contributed by atoms with Crippen molar-refractivity contribution in [2.45, 2.75) is 38.1 Å². The zero-order valence-corrected chi connectivity index (χ0v) is 10.7. The quantitative estimate of drug-likeness (QED) is 0.752. The minimum Gasteiger partial charge on any atom is -0.481 e. The van der Waals surface area contributed by atoms with Crippen LogP contribution in [0.25, 0.3) is 0 Å². The van der Waals surface area contributed by atoms with E-state index in [1.165, 1.54) is 0 Å². The fourth-order valence-corrected chi connectivity index (χ4v) is 3.20. The Bertz CT molecular complexity index is 321. The molecule has 0 radical (unpaired) electrons. The topological polar surface area (TPSA) is 57.6 Å². The van der Waals surface area contributed by atoms with Crippen molar-refractivity contribution in [3.63, 3.8) is 0 Å². The van der Waals surface area contributed by atoms with Gasteiger partial charge in [-0.1, -0.05) is 6.42 Å². The average molecular weight is 257 g/mol. The molecule has 1 heterocycles. The lowest BCUT2D eigenvalue weighted by molar-refractivity contribution is -0.144. The second kappa shape index (κ2) is 5.29. The van der Waals surface area contributed by atoms with Crippen molar-refractivity contribution in [2.24, 2.45) is 11.8 Å². The van der Waals surface area contributed by atoms with Gasteiger partial charge in [0.1, 0.15) is 0 Å². The van der Waals surface area contributed by atoms with Gasteiger partial charge in [-0.2, -0.15) is 12.6 Å². The van der Waals surface area contributed by atoms with Crippen LogP contribution in [0.2, 0.25) is 0 Å². The number of amides is 1. The molecular weight excluding hydrogens is 238 g/mol. The van der Waals surface area contributed by atoms with E-state index in [0.29, 0.717) is 18.8 Å². The molecule has 0 aromatic carbocycles. The Hall–Kier alpha value is -0.710. The van der Waals surface area contributed by atoms with Gasteiger partial charge in [0.25, 0.3) is 0 Å². The molecule has 2 aliphatic rings. The first-order valence-electron chi connectivity index (χ1n) is 6.25. The smallest absolute Gasteiger partial charge is 0.306 e. The molecule has 0 aromatic heterocycles. The van der Waals surface area contributed by atoms with Crippen molar-refractivity contribution < 1.29 is 14.7 Å². The zero-order valence-electron chi connectivity index (χ0n) is 9.84. The Morgan fingerprint density at radius 1 is 1.47 bits per heavy atom. The zero-order chi connectivity index (χ0) is 12.4. The van der Waals surface area contributed by atoms with E-state index in [2.05, 4.69) is 12.6 Å². The number of likely N-dealkylation sites (tertiary alicyclic amines) is 1. The number of rotatable bonds is 3. The molecule has 4 nitrogen and oxygen atoms in total. The maximum absolute atomic E-state index is 11.9. The number of carboxylic acid groups (broad SMARTS) is 1. The van der Waals surface area contributed by atoms with Crippen molar-refractivity contribution in [1.82, 2.24) is 4.90 Å². The molecule has 1 aliphatic carbocycles. The number of carbonyl (C=O) groups excluding carboxylic acids is 1. The van der Waals surface area contributed by atoms with Crippen LogP contribution in [-0.4, -0.2) is 40.2 Å². The normalized spacial score (nSPS) is 34.1. The van der Waals surface area contributed by atoms with E-state index in [0.717, 1.165) is 31.6 Å². The fourth-order valence-electron chi connectivity index (χ4n) is 2.96. The molecule has 0 aromatic rings. The van der Waals surface area contributed by atoms with Crippen molar-refractivity contribution in [3.05, 3.63) is 0 Å². The summed E-state index contributed by atoms with van der Waals surface area (Å²) in [5.41, 5.74) is 0. The Morgan fingerprint density at radius 2 is 2.24 bits per heavy atom. The van der Waals surface area contributed by atoms with Crippen LogP contribution in [0.5, 0.6) is 0 Å². The number of hydrogen-bond donors (Lipinski definition) is 2. The van der Waals surface area contributed by atoms with Crippen LogP contribution in [0.3, 0.4) is 0 Å². The molecule has 5 heteroatoms. The number of hydrogen-bond acceptors (Lipinski definition) is 3. The summed E-state index contributed by atoms with van der Waals surface area (Å²) < 4.78 is 0. The maximum Gasteiger partial charge on any atom is 0.306 e. The first-order valence-corrected chi connectivity index (χ1v) is 6.88. The van der Waals surface area contributed by atoms with Crippen LogP contribution in [0.1, 0.15) is 32.1 Å².